The van der Waals surface area contributed by atoms with Crippen LogP contribution < -0.4 is 10.6 Å². The first-order valence-electron chi connectivity index (χ1n) is 23.5. The van der Waals surface area contributed by atoms with Crippen molar-refractivity contribution in [1.82, 2.24) is 10.6 Å². The molecule has 0 bridgehead atoms. The Morgan fingerprint density at radius 2 is 0.983 bits per heavy atom. The van der Waals surface area contributed by atoms with Gasteiger partial charge in [-0.3, -0.25) is 14.4 Å². The first kappa shape index (κ1) is 54.8. The number of hydrogen-bond acceptors (Lipinski definition) is 6. The number of carbonyl (C=O) groups excluding carboxylic acids is 3. The molecule has 0 aliphatic rings. The van der Waals surface area contributed by atoms with E-state index in [2.05, 4.69) is 73.1 Å². The topological polar surface area (TPSA) is 142 Å². The van der Waals surface area contributed by atoms with E-state index in [1.807, 2.05) is 0 Å². The van der Waals surface area contributed by atoms with Crippen LogP contribution in [0.4, 0.5) is 0 Å². The SMILES string of the molecule is CC/C=C\C/C=C\C/C=C\CCCCCCCC(=O)OC(CCCCC/C=C\CCCCCCCCCC)CCCCCCCC(=O)NCC(=O)NC(CO)C(=O)O. The van der Waals surface area contributed by atoms with Crippen LogP contribution in [0.2, 0.25) is 0 Å². The standard InChI is InChI=1S/C49H86N2O7/c1-3-5-7-9-11-13-15-17-19-21-23-25-27-30-34-38-44(39-35-31-29-32-36-40-46(53)50-42-47(54)51-45(43-52)49(56)57)58-48(55)41-37-33-28-26-24-22-20-18-16-14-12-10-8-6-4-2/h6,8,12,14,18,20-21,23,44-45,52H,3-5,7,9-11,13,15-17,19,22,24-43H2,1-2H3,(H,50,53)(H,51,54)(H,56,57)/b8-6-,14-12-,20-18-,23-21-. The molecule has 58 heavy (non-hydrogen) atoms. The van der Waals surface area contributed by atoms with Gasteiger partial charge in [0.05, 0.1) is 13.2 Å². The molecule has 0 saturated carbocycles. The first-order chi connectivity index (χ1) is 28.3. The molecule has 0 radical (unpaired) electrons. The van der Waals surface area contributed by atoms with Gasteiger partial charge in [0.2, 0.25) is 11.8 Å². The number of amides is 2. The smallest absolute Gasteiger partial charge is 0.328 e. The van der Waals surface area contributed by atoms with Gasteiger partial charge in [0.15, 0.2) is 0 Å². The van der Waals surface area contributed by atoms with E-state index in [9.17, 15) is 19.2 Å². The van der Waals surface area contributed by atoms with Gasteiger partial charge in [-0.1, -0.05) is 152 Å². The predicted octanol–water partition coefficient (Wildman–Crippen LogP) is 11.9. The number of nitrogens with one attached hydrogen (secondary N) is 2. The van der Waals surface area contributed by atoms with Gasteiger partial charge in [0.25, 0.3) is 0 Å². The number of carbonyl (C=O) groups is 4. The van der Waals surface area contributed by atoms with Crippen molar-refractivity contribution < 1.29 is 34.1 Å². The molecule has 2 amide bonds. The van der Waals surface area contributed by atoms with Crippen molar-refractivity contribution in [1.29, 1.82) is 0 Å². The number of carboxylic acid groups (broad SMARTS) is 1. The van der Waals surface area contributed by atoms with Crippen LogP contribution in [0, 0.1) is 0 Å². The second-order valence-corrected chi connectivity index (χ2v) is 15.8. The molecule has 0 rings (SSSR count). The maximum atomic E-state index is 12.8. The van der Waals surface area contributed by atoms with Gasteiger partial charge in [-0.25, -0.2) is 4.79 Å². The molecule has 2 atom stereocenters. The van der Waals surface area contributed by atoms with Crippen molar-refractivity contribution in [3.8, 4) is 0 Å². The highest BCUT2D eigenvalue weighted by Crippen LogP contribution is 2.18. The Morgan fingerprint density at radius 3 is 1.52 bits per heavy atom. The van der Waals surface area contributed by atoms with E-state index in [1.54, 1.807) is 0 Å². The average molecular weight is 815 g/mol. The summed E-state index contributed by atoms with van der Waals surface area (Å²) in [5.74, 6) is -2.32. The molecule has 0 aromatic heterocycles. The number of ether oxygens (including phenoxy) is 1. The number of hydrogen-bond donors (Lipinski definition) is 4. The molecule has 0 heterocycles. The zero-order valence-corrected chi connectivity index (χ0v) is 37.0. The van der Waals surface area contributed by atoms with Crippen molar-refractivity contribution in [2.45, 2.75) is 225 Å². The fourth-order valence-electron chi connectivity index (χ4n) is 6.72. The quantitative estimate of drug-likeness (QED) is 0.0273. The molecule has 9 heteroatoms. The molecular weight excluding hydrogens is 729 g/mol. The Bertz CT molecular complexity index is 1120. The van der Waals surface area contributed by atoms with Gasteiger partial charge in [-0.15, -0.1) is 0 Å². The van der Waals surface area contributed by atoms with Gasteiger partial charge in [-0.05, 0) is 96.3 Å². The van der Waals surface area contributed by atoms with Gasteiger partial charge >= 0.3 is 11.9 Å². The summed E-state index contributed by atoms with van der Waals surface area (Å²) in [4.78, 5) is 47.7. The molecule has 334 valence electrons. The molecule has 0 aliphatic heterocycles. The third kappa shape index (κ3) is 39.6. The highest BCUT2D eigenvalue weighted by Gasteiger charge is 2.19. The van der Waals surface area contributed by atoms with E-state index in [0.29, 0.717) is 12.8 Å². The predicted molar refractivity (Wildman–Crippen MR) is 241 cm³/mol. The van der Waals surface area contributed by atoms with Crippen LogP contribution in [-0.4, -0.2) is 59.3 Å². The van der Waals surface area contributed by atoms with Crippen LogP contribution in [0.15, 0.2) is 48.6 Å². The zero-order valence-electron chi connectivity index (χ0n) is 37.0. The number of rotatable bonds is 42. The maximum Gasteiger partial charge on any atom is 0.328 e. The lowest BCUT2D eigenvalue weighted by atomic mass is 10.0. The lowest BCUT2D eigenvalue weighted by Gasteiger charge is -2.18. The number of unbranched alkanes of at least 4 members (excludes halogenated alkanes) is 20. The zero-order chi connectivity index (χ0) is 42.6. The molecule has 9 nitrogen and oxygen atoms in total. The Labute approximate surface area is 354 Å². The van der Waals surface area contributed by atoms with Gasteiger partial charge in [0, 0.05) is 12.8 Å². The highest BCUT2D eigenvalue weighted by molar-refractivity contribution is 5.87. The van der Waals surface area contributed by atoms with Crippen LogP contribution in [0.5, 0.6) is 0 Å². The monoisotopic (exact) mass is 815 g/mol. The van der Waals surface area contributed by atoms with E-state index < -0.39 is 24.5 Å². The summed E-state index contributed by atoms with van der Waals surface area (Å²) in [6.07, 6.45) is 51.4. The molecular formula is C49H86N2O7. The van der Waals surface area contributed by atoms with Crippen LogP contribution in [0.1, 0.15) is 213 Å². The van der Waals surface area contributed by atoms with Crippen LogP contribution in [0.25, 0.3) is 0 Å². The Kier molecular flexibility index (Phi) is 41.0. The minimum Gasteiger partial charge on any atom is -0.480 e. The lowest BCUT2D eigenvalue weighted by Crippen LogP contribution is -2.47. The summed E-state index contributed by atoms with van der Waals surface area (Å²) in [5.41, 5.74) is 0. The molecule has 0 fully saturated rings. The van der Waals surface area contributed by atoms with E-state index in [0.717, 1.165) is 103 Å². The molecule has 0 saturated heterocycles. The van der Waals surface area contributed by atoms with Crippen molar-refractivity contribution in [3.05, 3.63) is 48.6 Å². The highest BCUT2D eigenvalue weighted by atomic mass is 16.5. The number of aliphatic hydroxyl groups excluding tert-OH is 1. The van der Waals surface area contributed by atoms with E-state index in [-0.39, 0.29) is 30.9 Å². The maximum absolute atomic E-state index is 12.8. The van der Waals surface area contributed by atoms with Crippen molar-refractivity contribution in [2.75, 3.05) is 13.2 Å². The Morgan fingerprint density at radius 1 is 0.534 bits per heavy atom. The molecule has 0 aliphatic carbocycles. The van der Waals surface area contributed by atoms with Crippen LogP contribution in [-0.2, 0) is 23.9 Å². The van der Waals surface area contributed by atoms with Crippen LogP contribution in [0.3, 0.4) is 0 Å². The van der Waals surface area contributed by atoms with Gasteiger partial charge in [0.1, 0.15) is 12.1 Å². The number of aliphatic hydroxyl groups is 1. The summed E-state index contributed by atoms with van der Waals surface area (Å²) in [5, 5.41) is 22.6. The summed E-state index contributed by atoms with van der Waals surface area (Å²) < 4.78 is 6.04. The second kappa shape index (κ2) is 43.4. The molecule has 2 unspecified atom stereocenters. The summed E-state index contributed by atoms with van der Waals surface area (Å²) in [7, 11) is 0. The second-order valence-electron chi connectivity index (χ2n) is 15.8. The van der Waals surface area contributed by atoms with E-state index >= 15 is 0 Å². The van der Waals surface area contributed by atoms with Crippen molar-refractivity contribution in [3.63, 3.8) is 0 Å². The third-order valence-electron chi connectivity index (χ3n) is 10.3. The Hall–Kier alpha value is -3.20. The first-order valence-corrected chi connectivity index (χ1v) is 23.5. The minimum absolute atomic E-state index is 0.0389. The minimum atomic E-state index is -1.39. The van der Waals surface area contributed by atoms with Crippen LogP contribution >= 0.6 is 0 Å². The van der Waals surface area contributed by atoms with E-state index in [1.165, 1.54) is 77.0 Å². The van der Waals surface area contributed by atoms with Crippen molar-refractivity contribution in [2.24, 2.45) is 0 Å². The summed E-state index contributed by atoms with van der Waals surface area (Å²) in [6.45, 7) is 3.37. The normalized spacial score (nSPS) is 12.9. The largest absolute Gasteiger partial charge is 0.480 e. The number of allylic oxidation sites excluding steroid dienone is 8. The number of carboxylic acids is 1. The molecule has 0 aromatic carbocycles. The number of aliphatic carboxylic acids is 1. The fraction of sp³-hybridized carbons (Fsp3) is 0.755. The molecule has 0 aromatic rings. The van der Waals surface area contributed by atoms with E-state index in [4.69, 9.17) is 14.9 Å². The average Bonchev–Trinajstić information content (AvgIpc) is 3.21. The third-order valence-corrected chi connectivity index (χ3v) is 10.3. The lowest BCUT2D eigenvalue weighted by molar-refractivity contribution is -0.150. The van der Waals surface area contributed by atoms with Gasteiger partial charge in [-0.2, -0.15) is 0 Å². The molecule has 0 spiro atoms. The summed E-state index contributed by atoms with van der Waals surface area (Å²) >= 11 is 0. The fourth-order valence-corrected chi connectivity index (χ4v) is 6.72. The van der Waals surface area contributed by atoms with Gasteiger partial charge < -0.3 is 25.6 Å². The summed E-state index contributed by atoms with van der Waals surface area (Å²) in [6, 6.07) is -1.39. The van der Waals surface area contributed by atoms with Crippen molar-refractivity contribution >= 4 is 23.8 Å². The number of esters is 1. The molecule has 4 N–H and O–H groups in total. The Balaban J connectivity index is 4.39.